The van der Waals surface area contributed by atoms with Crippen LogP contribution in [0.2, 0.25) is 0 Å². The lowest BCUT2D eigenvalue weighted by atomic mass is 9.93. The lowest BCUT2D eigenvalue weighted by Crippen LogP contribution is -2.17. The molecule has 42 heavy (non-hydrogen) atoms. The number of rotatable bonds is 6. The number of halogens is 2. The Hall–Kier alpha value is -4.24. The fourth-order valence-corrected chi connectivity index (χ4v) is 5.85. The summed E-state index contributed by atoms with van der Waals surface area (Å²) in [4.78, 5) is 21.2. The summed E-state index contributed by atoms with van der Waals surface area (Å²) in [6.45, 7) is 6.48. The number of hydrogen-bond acceptors (Lipinski definition) is 5. The average molecular weight is 574 g/mol. The Morgan fingerprint density at radius 2 is 1.74 bits per heavy atom. The lowest BCUT2D eigenvalue weighted by molar-refractivity contribution is 0.0782. The third-order valence-electron chi connectivity index (χ3n) is 8.12. The number of benzene rings is 2. The topological polar surface area (TPSA) is 93.3 Å². The number of aromatic amines is 1. The number of aromatic nitrogens is 3. The first-order valence-electron chi connectivity index (χ1n) is 14.1. The van der Waals surface area contributed by atoms with Crippen molar-refractivity contribution in [2.75, 3.05) is 0 Å². The summed E-state index contributed by atoms with van der Waals surface area (Å²) >= 11 is 0. The number of aryl methyl sites for hydroxylation is 3. The molecule has 0 amide bonds. The van der Waals surface area contributed by atoms with Gasteiger partial charge in [0.15, 0.2) is 17.3 Å². The van der Waals surface area contributed by atoms with E-state index in [1.54, 1.807) is 59.3 Å². The first kappa shape index (κ1) is 27.9. The van der Waals surface area contributed by atoms with Crippen LogP contribution in [-0.2, 0) is 12.6 Å². The summed E-state index contributed by atoms with van der Waals surface area (Å²) in [6, 6.07) is 7.15. The van der Waals surface area contributed by atoms with Crippen molar-refractivity contribution in [3.8, 4) is 34.1 Å². The molecule has 2 N–H and O–H groups in total. The summed E-state index contributed by atoms with van der Waals surface area (Å²) in [5.74, 6) is 0.728. The Labute approximate surface area is 241 Å². The van der Waals surface area contributed by atoms with Crippen LogP contribution in [-0.4, -0.2) is 19.6 Å². The Morgan fingerprint density at radius 3 is 2.40 bits per heavy atom. The van der Waals surface area contributed by atoms with Crippen molar-refractivity contribution in [1.82, 2.24) is 14.5 Å². The molecule has 9 heteroatoms. The number of fused-ring (bicyclic) bond motifs is 1. The molecule has 2 aromatic carbocycles. The quantitative estimate of drug-likeness (QED) is 0.217. The molecule has 1 saturated carbocycles. The molecule has 0 atom stereocenters. The molecule has 6 rings (SSSR count). The molecular formula is C33H33F2N3O4. The summed E-state index contributed by atoms with van der Waals surface area (Å²) in [5.41, 5.74) is 1.18. The molecule has 0 bridgehead atoms. The van der Waals surface area contributed by atoms with Gasteiger partial charge >= 0.3 is 0 Å². The number of furan rings is 1. The second-order valence-electron chi connectivity index (χ2n) is 11.8. The van der Waals surface area contributed by atoms with E-state index >= 15 is 4.39 Å². The van der Waals surface area contributed by atoms with Gasteiger partial charge in [0.05, 0.1) is 17.2 Å². The van der Waals surface area contributed by atoms with E-state index in [9.17, 15) is 14.3 Å². The second-order valence-corrected chi connectivity index (χ2v) is 11.8. The zero-order chi connectivity index (χ0) is 29.9. The van der Waals surface area contributed by atoms with Crippen LogP contribution in [0.4, 0.5) is 8.78 Å². The van der Waals surface area contributed by atoms with Gasteiger partial charge in [-0.05, 0) is 87.6 Å². The van der Waals surface area contributed by atoms with Crippen molar-refractivity contribution in [3.05, 3.63) is 87.2 Å². The predicted molar refractivity (Wildman–Crippen MR) is 157 cm³/mol. The molecule has 218 valence electrons. The second kappa shape index (κ2) is 10.2. The average Bonchev–Trinajstić information content (AvgIpc) is 3.68. The first-order valence-corrected chi connectivity index (χ1v) is 14.1. The molecule has 0 radical (unpaired) electrons. The monoisotopic (exact) mass is 573 g/mol. The third-order valence-corrected chi connectivity index (χ3v) is 8.12. The van der Waals surface area contributed by atoms with Crippen LogP contribution < -0.4 is 10.3 Å². The van der Waals surface area contributed by atoms with Crippen LogP contribution in [0.3, 0.4) is 0 Å². The molecule has 5 aromatic rings. The highest BCUT2D eigenvalue weighted by atomic mass is 19.1. The lowest BCUT2D eigenvalue weighted by Gasteiger charge is -2.22. The molecule has 0 unspecified atom stereocenters. The van der Waals surface area contributed by atoms with Crippen LogP contribution in [0.15, 0.2) is 51.9 Å². The number of hydrogen-bond donors (Lipinski definition) is 2. The van der Waals surface area contributed by atoms with Gasteiger partial charge in [0.2, 0.25) is 0 Å². The van der Waals surface area contributed by atoms with E-state index in [2.05, 4.69) is 9.97 Å². The number of nitrogens with one attached hydrogen (secondary N) is 1. The van der Waals surface area contributed by atoms with Crippen LogP contribution in [0, 0.1) is 25.5 Å². The minimum atomic E-state index is -1.38. The van der Waals surface area contributed by atoms with Gasteiger partial charge in [-0.1, -0.05) is 12.8 Å². The first-order chi connectivity index (χ1) is 19.9. The van der Waals surface area contributed by atoms with Gasteiger partial charge in [0, 0.05) is 30.3 Å². The SMILES string of the molecule is Cc1cc(F)cc(C)c1Oc1c(F)cc(C(C)(C)O)cc1-c1cn(C)c(=O)c2cc(-c3cnc(C4CCCC4)[nH]3)oc12. The molecule has 3 heterocycles. The van der Waals surface area contributed by atoms with Crippen molar-refractivity contribution in [2.45, 2.75) is 64.9 Å². The number of aliphatic hydroxyl groups is 1. The molecule has 1 aliphatic rings. The summed E-state index contributed by atoms with van der Waals surface area (Å²) < 4.78 is 43.9. The fourth-order valence-electron chi connectivity index (χ4n) is 5.85. The van der Waals surface area contributed by atoms with E-state index in [-0.39, 0.29) is 22.5 Å². The third kappa shape index (κ3) is 4.91. The van der Waals surface area contributed by atoms with Crippen molar-refractivity contribution < 1.29 is 23.0 Å². The van der Waals surface area contributed by atoms with Gasteiger partial charge in [-0.2, -0.15) is 0 Å². The molecule has 0 spiro atoms. The maximum atomic E-state index is 15.9. The van der Waals surface area contributed by atoms with E-state index in [0.717, 1.165) is 18.7 Å². The molecule has 1 aliphatic carbocycles. The highest BCUT2D eigenvalue weighted by Crippen LogP contribution is 2.43. The van der Waals surface area contributed by atoms with E-state index in [4.69, 9.17) is 9.15 Å². The number of ether oxygens (including phenoxy) is 1. The fraction of sp³-hybridized carbons (Fsp3) is 0.333. The van der Waals surface area contributed by atoms with Gasteiger partial charge in [0.25, 0.3) is 5.56 Å². The Bertz CT molecular complexity index is 1870. The highest BCUT2D eigenvalue weighted by molar-refractivity contribution is 5.95. The molecule has 0 aliphatic heterocycles. The van der Waals surface area contributed by atoms with Gasteiger partial charge < -0.3 is 23.8 Å². The standard InChI is InChI=1S/C33H33F2N3O4/c1-17-10-21(34)11-18(2)28(17)42-30-22(12-20(13-25(30)35)33(3,4)40)24-16-38(5)32(39)23-14-27(41-29(23)24)26-15-36-31(37-26)19-8-6-7-9-19/h10-16,19,40H,6-9H2,1-5H3,(H,36,37). The highest BCUT2D eigenvalue weighted by Gasteiger charge is 2.27. The molecule has 1 fully saturated rings. The molecular weight excluding hydrogens is 540 g/mol. The number of nitrogens with zero attached hydrogens (tertiary/aromatic N) is 2. The van der Waals surface area contributed by atoms with Crippen molar-refractivity contribution in [2.24, 2.45) is 7.05 Å². The molecule has 0 saturated heterocycles. The smallest absolute Gasteiger partial charge is 0.261 e. The van der Waals surface area contributed by atoms with Crippen molar-refractivity contribution >= 4 is 11.0 Å². The van der Waals surface area contributed by atoms with Crippen LogP contribution >= 0.6 is 0 Å². The largest absolute Gasteiger partial charge is 0.454 e. The number of pyridine rings is 1. The van der Waals surface area contributed by atoms with Crippen molar-refractivity contribution in [3.63, 3.8) is 0 Å². The maximum Gasteiger partial charge on any atom is 0.261 e. The van der Waals surface area contributed by atoms with Crippen LogP contribution in [0.25, 0.3) is 33.6 Å². The van der Waals surface area contributed by atoms with Crippen LogP contribution in [0.5, 0.6) is 11.5 Å². The zero-order valence-electron chi connectivity index (χ0n) is 24.3. The van der Waals surface area contributed by atoms with E-state index in [0.29, 0.717) is 50.8 Å². The minimum absolute atomic E-state index is 0.135. The van der Waals surface area contributed by atoms with Crippen molar-refractivity contribution in [1.29, 1.82) is 0 Å². The molecule has 7 nitrogen and oxygen atoms in total. The Morgan fingerprint density at radius 1 is 1.05 bits per heavy atom. The summed E-state index contributed by atoms with van der Waals surface area (Å²) in [7, 11) is 1.61. The zero-order valence-corrected chi connectivity index (χ0v) is 24.3. The number of H-pyrrole nitrogens is 1. The summed E-state index contributed by atoms with van der Waals surface area (Å²) in [6.07, 6.45) is 7.78. The maximum absolute atomic E-state index is 15.9. The minimum Gasteiger partial charge on any atom is -0.454 e. The summed E-state index contributed by atoms with van der Waals surface area (Å²) in [5, 5.41) is 11.1. The van der Waals surface area contributed by atoms with E-state index in [1.165, 1.54) is 35.6 Å². The van der Waals surface area contributed by atoms with E-state index < -0.39 is 17.2 Å². The number of imidazole rings is 1. The molecule has 3 aromatic heterocycles. The Kier molecular flexibility index (Phi) is 6.80. The van der Waals surface area contributed by atoms with Gasteiger partial charge in [-0.3, -0.25) is 4.79 Å². The predicted octanol–water partition coefficient (Wildman–Crippen LogP) is 7.76. The normalized spacial score (nSPS) is 14.3. The van der Waals surface area contributed by atoms with E-state index in [1.807, 2.05) is 0 Å². The van der Waals surface area contributed by atoms with Gasteiger partial charge in [-0.25, -0.2) is 13.8 Å². The van der Waals surface area contributed by atoms with Crippen LogP contribution in [0.1, 0.15) is 68.0 Å². The van der Waals surface area contributed by atoms with Gasteiger partial charge in [-0.15, -0.1) is 0 Å². The Balaban J connectivity index is 1.56. The van der Waals surface area contributed by atoms with Gasteiger partial charge in [0.1, 0.15) is 28.7 Å².